The second-order valence-electron chi connectivity index (χ2n) is 7.00. The van der Waals surface area contributed by atoms with Crippen LogP contribution in [0.2, 0.25) is 0 Å². The largest absolute Gasteiger partial charge is 0.389 e. The van der Waals surface area contributed by atoms with Crippen molar-refractivity contribution in [3.63, 3.8) is 0 Å². The van der Waals surface area contributed by atoms with Crippen LogP contribution in [0.5, 0.6) is 0 Å². The van der Waals surface area contributed by atoms with Crippen LogP contribution in [0, 0.1) is 0 Å². The lowest BCUT2D eigenvalue weighted by molar-refractivity contribution is -0.0577. The van der Waals surface area contributed by atoms with E-state index in [0.29, 0.717) is 19.2 Å². The van der Waals surface area contributed by atoms with Gasteiger partial charge in [0.15, 0.2) is 0 Å². The van der Waals surface area contributed by atoms with E-state index in [-0.39, 0.29) is 6.10 Å². The second-order valence-corrected chi connectivity index (χ2v) is 7.00. The molecule has 2 unspecified atom stereocenters. The van der Waals surface area contributed by atoms with Crippen molar-refractivity contribution in [2.45, 2.75) is 44.4 Å². The van der Waals surface area contributed by atoms with E-state index in [1.807, 2.05) is 0 Å². The molecule has 1 N–H and O–H groups in total. The fourth-order valence-corrected chi connectivity index (χ4v) is 3.57. The van der Waals surface area contributed by atoms with Gasteiger partial charge in [0, 0.05) is 39.4 Å². The van der Waals surface area contributed by atoms with Crippen molar-refractivity contribution in [1.82, 2.24) is 0 Å². The molecule has 5 nitrogen and oxygen atoms in total. The summed E-state index contributed by atoms with van der Waals surface area (Å²) < 4.78 is 11.2. The Labute approximate surface area is 145 Å². The maximum absolute atomic E-state index is 10.5. The maximum Gasteiger partial charge on any atom is 0.0948 e. The molecule has 0 aliphatic carbocycles. The van der Waals surface area contributed by atoms with Crippen LogP contribution in [0.3, 0.4) is 0 Å². The number of hydrogen-bond acceptors (Lipinski definition) is 5. The summed E-state index contributed by atoms with van der Waals surface area (Å²) in [6.45, 7) is 5.81. The van der Waals surface area contributed by atoms with Crippen LogP contribution in [0.15, 0.2) is 24.3 Å². The van der Waals surface area contributed by atoms with Crippen molar-refractivity contribution in [1.29, 1.82) is 0 Å². The fourth-order valence-electron chi connectivity index (χ4n) is 3.57. The minimum Gasteiger partial charge on any atom is -0.389 e. The average molecular weight is 334 g/mol. The molecule has 2 atom stereocenters. The zero-order valence-electron chi connectivity index (χ0n) is 14.9. The third-order valence-electron chi connectivity index (χ3n) is 5.12. The van der Waals surface area contributed by atoms with Gasteiger partial charge >= 0.3 is 0 Å². The first-order chi connectivity index (χ1) is 11.6. The first-order valence-corrected chi connectivity index (χ1v) is 9.09. The molecule has 1 fully saturated rings. The molecule has 3 rings (SSSR count). The first kappa shape index (κ1) is 17.5. The number of rotatable bonds is 5. The van der Waals surface area contributed by atoms with Gasteiger partial charge in [0.25, 0.3) is 0 Å². The summed E-state index contributed by atoms with van der Waals surface area (Å²) in [6, 6.07) is 8.86. The number of para-hydroxylation sites is 2. The molecule has 1 aromatic rings. The van der Waals surface area contributed by atoms with Crippen LogP contribution in [0.25, 0.3) is 0 Å². The Morgan fingerprint density at radius 2 is 1.92 bits per heavy atom. The molecule has 0 spiro atoms. The molecular weight excluding hydrogens is 304 g/mol. The molecule has 1 aromatic carbocycles. The second kappa shape index (κ2) is 8.19. The van der Waals surface area contributed by atoms with E-state index in [1.165, 1.54) is 11.4 Å². The molecule has 5 heteroatoms. The lowest BCUT2D eigenvalue weighted by Gasteiger charge is -2.33. The predicted molar refractivity (Wildman–Crippen MR) is 96.9 cm³/mol. The molecule has 0 saturated carbocycles. The molecule has 134 valence electrons. The highest BCUT2D eigenvalue weighted by molar-refractivity contribution is 5.72. The van der Waals surface area contributed by atoms with Crippen LogP contribution in [-0.2, 0) is 9.47 Å². The normalized spacial score (nSPS) is 23.7. The van der Waals surface area contributed by atoms with Gasteiger partial charge in [0.05, 0.1) is 30.2 Å². The summed E-state index contributed by atoms with van der Waals surface area (Å²) in [4.78, 5) is 4.63. The summed E-state index contributed by atoms with van der Waals surface area (Å²) in [6.07, 6.45) is 2.69. The molecule has 2 aliphatic heterocycles. The molecule has 0 aromatic heterocycles. The Morgan fingerprint density at radius 1 is 1.21 bits per heavy atom. The summed E-state index contributed by atoms with van der Waals surface area (Å²) >= 11 is 0. The Balaban J connectivity index is 1.62. The molecule has 0 radical (unpaired) electrons. The van der Waals surface area contributed by atoms with E-state index in [1.54, 1.807) is 0 Å². The lowest BCUT2D eigenvalue weighted by atomic mass is 10.1. The van der Waals surface area contributed by atoms with Gasteiger partial charge in [-0.05, 0) is 38.3 Å². The Kier molecular flexibility index (Phi) is 5.98. The van der Waals surface area contributed by atoms with Crippen LogP contribution in [0.1, 0.15) is 26.2 Å². The topological polar surface area (TPSA) is 45.2 Å². The number of nitrogens with zero attached hydrogens (tertiary/aromatic N) is 2. The molecule has 2 heterocycles. The van der Waals surface area contributed by atoms with E-state index in [0.717, 1.165) is 39.0 Å². The molecular formula is C19H30N2O3. The molecule has 0 bridgehead atoms. The van der Waals surface area contributed by atoms with Gasteiger partial charge in [-0.15, -0.1) is 0 Å². The number of aliphatic hydroxyl groups is 1. The predicted octanol–water partition coefficient (Wildman–Crippen LogP) is 2.28. The first-order valence-electron chi connectivity index (χ1n) is 9.09. The SMILES string of the molecule is CC1CCN(C)c2ccccc2N1CC(O)COC1CCOCC1. The van der Waals surface area contributed by atoms with Gasteiger partial charge in [-0.1, -0.05) is 12.1 Å². The summed E-state index contributed by atoms with van der Waals surface area (Å²) in [5.74, 6) is 0. The van der Waals surface area contributed by atoms with E-state index in [4.69, 9.17) is 9.47 Å². The van der Waals surface area contributed by atoms with Crippen LogP contribution < -0.4 is 9.80 Å². The number of hydrogen-bond donors (Lipinski definition) is 1. The number of β-amino-alcohol motifs (C(OH)–C–C–N with tert-alkyl or cyclic N) is 1. The van der Waals surface area contributed by atoms with Gasteiger partial charge in [-0.25, -0.2) is 0 Å². The van der Waals surface area contributed by atoms with Gasteiger partial charge in [-0.3, -0.25) is 0 Å². The smallest absolute Gasteiger partial charge is 0.0948 e. The van der Waals surface area contributed by atoms with Gasteiger partial charge < -0.3 is 24.4 Å². The zero-order valence-corrected chi connectivity index (χ0v) is 14.9. The van der Waals surface area contributed by atoms with Crippen molar-refractivity contribution in [2.75, 3.05) is 49.8 Å². The standard InChI is InChI=1S/C19H30N2O3/c1-15-7-10-20(2)18-5-3-4-6-19(18)21(15)13-16(22)14-24-17-8-11-23-12-9-17/h3-6,15-17,22H,7-14H2,1-2H3. The van der Waals surface area contributed by atoms with Crippen LogP contribution >= 0.6 is 0 Å². The number of benzene rings is 1. The van der Waals surface area contributed by atoms with Crippen molar-refractivity contribution in [2.24, 2.45) is 0 Å². The monoisotopic (exact) mass is 334 g/mol. The molecule has 1 saturated heterocycles. The molecule has 2 aliphatic rings. The number of aliphatic hydroxyl groups excluding tert-OH is 1. The highest BCUT2D eigenvalue weighted by atomic mass is 16.5. The van der Waals surface area contributed by atoms with E-state index in [9.17, 15) is 5.11 Å². The summed E-state index contributed by atoms with van der Waals surface area (Å²) in [5.41, 5.74) is 2.44. The Hall–Kier alpha value is -1.30. The zero-order chi connectivity index (χ0) is 16.9. The van der Waals surface area contributed by atoms with Crippen molar-refractivity contribution >= 4 is 11.4 Å². The minimum atomic E-state index is -0.480. The number of anilines is 2. The summed E-state index contributed by atoms with van der Waals surface area (Å²) in [7, 11) is 2.14. The quantitative estimate of drug-likeness (QED) is 0.895. The fraction of sp³-hybridized carbons (Fsp3) is 0.684. The maximum atomic E-state index is 10.5. The van der Waals surface area contributed by atoms with E-state index in [2.05, 4.69) is 48.0 Å². The van der Waals surface area contributed by atoms with Gasteiger partial charge in [0.2, 0.25) is 0 Å². The van der Waals surface area contributed by atoms with Crippen LogP contribution in [-0.4, -0.2) is 63.3 Å². The van der Waals surface area contributed by atoms with Gasteiger partial charge in [0.1, 0.15) is 0 Å². The van der Waals surface area contributed by atoms with Crippen molar-refractivity contribution < 1.29 is 14.6 Å². The van der Waals surface area contributed by atoms with Gasteiger partial charge in [-0.2, -0.15) is 0 Å². The molecule has 0 amide bonds. The molecule has 24 heavy (non-hydrogen) atoms. The van der Waals surface area contributed by atoms with Crippen molar-refractivity contribution in [3.8, 4) is 0 Å². The Morgan fingerprint density at radius 3 is 2.67 bits per heavy atom. The van der Waals surface area contributed by atoms with Crippen molar-refractivity contribution in [3.05, 3.63) is 24.3 Å². The van der Waals surface area contributed by atoms with E-state index >= 15 is 0 Å². The highest BCUT2D eigenvalue weighted by Gasteiger charge is 2.25. The average Bonchev–Trinajstić information content (AvgIpc) is 2.73. The Bertz CT molecular complexity index is 519. The number of fused-ring (bicyclic) bond motifs is 1. The third-order valence-corrected chi connectivity index (χ3v) is 5.12. The van der Waals surface area contributed by atoms with E-state index < -0.39 is 6.10 Å². The highest BCUT2D eigenvalue weighted by Crippen LogP contribution is 2.33. The number of ether oxygens (including phenoxy) is 2. The summed E-state index contributed by atoms with van der Waals surface area (Å²) in [5, 5.41) is 10.5. The third kappa shape index (κ3) is 4.21. The minimum absolute atomic E-state index is 0.230. The lowest BCUT2D eigenvalue weighted by Crippen LogP contribution is -2.41. The van der Waals surface area contributed by atoms with Crippen LogP contribution in [0.4, 0.5) is 11.4 Å².